The number of hydrogen-bond acceptors (Lipinski definition) is 5. The number of hydrogen-bond donors (Lipinski definition) is 1. The van der Waals surface area contributed by atoms with Gasteiger partial charge < -0.3 is 14.2 Å². The monoisotopic (exact) mass is 340 g/mol. The molecule has 0 amide bonds. The van der Waals surface area contributed by atoms with Crippen LogP contribution in [0.5, 0.6) is 0 Å². The zero-order valence-corrected chi connectivity index (χ0v) is 14.6. The number of nitrogens with one attached hydrogen (secondary N) is 1. The van der Waals surface area contributed by atoms with E-state index in [9.17, 15) is 0 Å². The molecule has 0 radical (unpaired) electrons. The van der Waals surface area contributed by atoms with Crippen LogP contribution in [0.4, 0.5) is 0 Å². The highest BCUT2D eigenvalue weighted by molar-refractivity contribution is 5.82. The zero-order chi connectivity index (χ0) is 17.1. The number of aromatic nitrogens is 3. The van der Waals surface area contributed by atoms with Gasteiger partial charge in [0.25, 0.3) is 0 Å². The van der Waals surface area contributed by atoms with Crippen LogP contribution >= 0.6 is 0 Å². The van der Waals surface area contributed by atoms with E-state index in [1.807, 2.05) is 6.20 Å². The molecule has 0 saturated carbocycles. The van der Waals surface area contributed by atoms with E-state index in [1.54, 1.807) is 7.11 Å². The van der Waals surface area contributed by atoms with Crippen molar-refractivity contribution < 1.29 is 9.26 Å². The van der Waals surface area contributed by atoms with Crippen molar-refractivity contribution in [3.63, 3.8) is 0 Å². The summed E-state index contributed by atoms with van der Waals surface area (Å²) in [6, 6.07) is 8.62. The Morgan fingerprint density at radius 3 is 3.24 bits per heavy atom. The number of aromatic amines is 1. The minimum absolute atomic E-state index is 0.322. The Balaban J connectivity index is 1.44. The number of fused-ring (bicyclic) bond motifs is 1. The van der Waals surface area contributed by atoms with Gasteiger partial charge in [-0.1, -0.05) is 17.3 Å². The van der Waals surface area contributed by atoms with E-state index in [-0.39, 0.29) is 0 Å². The van der Waals surface area contributed by atoms with Gasteiger partial charge >= 0.3 is 0 Å². The van der Waals surface area contributed by atoms with Crippen LogP contribution in [0.2, 0.25) is 0 Å². The first-order valence-electron chi connectivity index (χ1n) is 8.92. The third kappa shape index (κ3) is 3.60. The fraction of sp³-hybridized carbons (Fsp3) is 0.474. The van der Waals surface area contributed by atoms with E-state index >= 15 is 0 Å². The molecular weight excluding hydrogens is 316 g/mol. The number of rotatable bonds is 6. The Labute approximate surface area is 147 Å². The quantitative estimate of drug-likeness (QED) is 0.747. The van der Waals surface area contributed by atoms with Crippen LogP contribution in [0, 0.1) is 0 Å². The molecule has 1 atom stereocenters. The van der Waals surface area contributed by atoms with Gasteiger partial charge in [-0.3, -0.25) is 4.90 Å². The van der Waals surface area contributed by atoms with Gasteiger partial charge in [-0.2, -0.15) is 4.98 Å². The second-order valence-corrected chi connectivity index (χ2v) is 6.72. The van der Waals surface area contributed by atoms with Crippen molar-refractivity contribution in [1.29, 1.82) is 0 Å². The molecule has 6 heteroatoms. The van der Waals surface area contributed by atoms with Crippen LogP contribution in [-0.4, -0.2) is 46.8 Å². The minimum atomic E-state index is 0.322. The van der Waals surface area contributed by atoms with Gasteiger partial charge in [0.15, 0.2) is 5.82 Å². The lowest BCUT2D eigenvalue weighted by Gasteiger charge is -2.31. The fourth-order valence-corrected chi connectivity index (χ4v) is 3.66. The molecular formula is C19H24N4O2. The maximum Gasteiger partial charge on any atom is 0.231 e. The number of H-pyrrole nitrogens is 1. The molecule has 132 valence electrons. The molecule has 3 aromatic rings. The maximum absolute atomic E-state index is 5.51. The average molecular weight is 340 g/mol. The first kappa shape index (κ1) is 16.3. The molecule has 0 aliphatic carbocycles. The Hall–Kier alpha value is -2.18. The molecule has 0 bridgehead atoms. The summed E-state index contributed by atoms with van der Waals surface area (Å²) >= 11 is 0. The van der Waals surface area contributed by atoms with Gasteiger partial charge in [-0.15, -0.1) is 0 Å². The molecule has 4 rings (SSSR count). The smallest absolute Gasteiger partial charge is 0.231 e. The summed E-state index contributed by atoms with van der Waals surface area (Å²) in [6.07, 6.45) is 4.97. The number of ether oxygens (including phenoxy) is 1. The molecule has 0 unspecified atom stereocenters. The molecule has 0 spiro atoms. The molecule has 1 aliphatic rings. The summed E-state index contributed by atoms with van der Waals surface area (Å²) in [4.78, 5) is 10.3. The summed E-state index contributed by atoms with van der Waals surface area (Å²) in [6.45, 7) is 3.65. The third-order valence-corrected chi connectivity index (χ3v) is 4.95. The number of methoxy groups -OCH3 is 1. The summed E-state index contributed by atoms with van der Waals surface area (Å²) in [7, 11) is 1.69. The minimum Gasteiger partial charge on any atom is -0.384 e. The average Bonchev–Trinajstić information content (AvgIpc) is 3.30. The van der Waals surface area contributed by atoms with Crippen molar-refractivity contribution in [3.8, 4) is 0 Å². The van der Waals surface area contributed by atoms with Crippen molar-refractivity contribution in [3.05, 3.63) is 47.7 Å². The third-order valence-electron chi connectivity index (χ3n) is 4.95. The highest BCUT2D eigenvalue weighted by Crippen LogP contribution is 2.28. The lowest BCUT2D eigenvalue weighted by atomic mass is 9.97. The molecule has 6 nitrogen and oxygen atoms in total. The van der Waals surface area contributed by atoms with Crippen molar-refractivity contribution >= 4 is 10.9 Å². The Bertz CT molecular complexity index is 826. The van der Waals surface area contributed by atoms with Crippen LogP contribution in [0.25, 0.3) is 10.9 Å². The Morgan fingerprint density at radius 2 is 2.32 bits per heavy atom. The van der Waals surface area contributed by atoms with Crippen LogP contribution < -0.4 is 0 Å². The number of nitrogens with zero attached hydrogens (tertiary/aromatic N) is 3. The first-order chi connectivity index (χ1) is 12.3. The Morgan fingerprint density at radius 1 is 1.36 bits per heavy atom. The highest BCUT2D eigenvalue weighted by Gasteiger charge is 2.26. The van der Waals surface area contributed by atoms with E-state index in [0.29, 0.717) is 18.9 Å². The second-order valence-electron chi connectivity index (χ2n) is 6.72. The van der Waals surface area contributed by atoms with E-state index in [1.165, 1.54) is 16.5 Å². The van der Waals surface area contributed by atoms with Crippen molar-refractivity contribution in [2.24, 2.45) is 0 Å². The highest BCUT2D eigenvalue weighted by atomic mass is 16.5. The maximum atomic E-state index is 5.51. The largest absolute Gasteiger partial charge is 0.384 e. The van der Waals surface area contributed by atoms with Gasteiger partial charge in [-0.25, -0.2) is 0 Å². The number of piperidine rings is 1. The van der Waals surface area contributed by atoms with E-state index in [2.05, 4.69) is 44.3 Å². The van der Waals surface area contributed by atoms with Gasteiger partial charge in [0, 0.05) is 43.7 Å². The van der Waals surface area contributed by atoms with Gasteiger partial charge in [0.1, 0.15) is 0 Å². The van der Waals surface area contributed by atoms with Crippen molar-refractivity contribution in [2.45, 2.75) is 31.7 Å². The zero-order valence-electron chi connectivity index (χ0n) is 14.6. The van der Waals surface area contributed by atoms with Crippen LogP contribution in [0.15, 0.2) is 35.0 Å². The lowest BCUT2D eigenvalue weighted by Crippen LogP contribution is -2.34. The van der Waals surface area contributed by atoms with E-state index in [0.717, 1.165) is 44.2 Å². The molecule has 1 saturated heterocycles. The van der Waals surface area contributed by atoms with Gasteiger partial charge in [0.2, 0.25) is 5.89 Å². The molecule has 3 heterocycles. The van der Waals surface area contributed by atoms with Gasteiger partial charge in [-0.05, 0) is 37.1 Å². The van der Waals surface area contributed by atoms with Crippen molar-refractivity contribution in [1.82, 2.24) is 20.0 Å². The second kappa shape index (κ2) is 7.37. The van der Waals surface area contributed by atoms with Gasteiger partial charge in [0.05, 0.1) is 12.5 Å². The fourth-order valence-electron chi connectivity index (χ4n) is 3.66. The number of likely N-dealkylation sites (tertiary alicyclic amines) is 1. The standard InChI is InChI=1S/C19H24N4O2/c1-24-11-8-18-21-19(25-22-18)15-5-3-10-23(13-15)12-14-4-2-6-17-16(14)7-9-20-17/h2,4,6-7,9,15,20H,3,5,8,10-13H2,1H3/t15-/m1/s1. The summed E-state index contributed by atoms with van der Waals surface area (Å²) in [5.74, 6) is 1.84. The van der Waals surface area contributed by atoms with Crippen LogP contribution in [-0.2, 0) is 17.7 Å². The van der Waals surface area contributed by atoms with Crippen LogP contribution in [0.1, 0.15) is 36.0 Å². The molecule has 1 N–H and O–H groups in total. The first-order valence-corrected chi connectivity index (χ1v) is 8.92. The molecule has 25 heavy (non-hydrogen) atoms. The van der Waals surface area contributed by atoms with Crippen molar-refractivity contribution in [2.75, 3.05) is 26.8 Å². The molecule has 1 fully saturated rings. The summed E-state index contributed by atoms with van der Waals surface area (Å²) < 4.78 is 10.6. The SMILES string of the molecule is COCCc1noc([C@@H]2CCCN(Cc3cccc4[nH]ccc34)C2)n1. The van der Waals surface area contributed by atoms with E-state index in [4.69, 9.17) is 9.26 Å². The summed E-state index contributed by atoms with van der Waals surface area (Å²) in [5.41, 5.74) is 2.57. The Kier molecular flexibility index (Phi) is 4.81. The summed E-state index contributed by atoms with van der Waals surface area (Å²) in [5, 5.41) is 5.39. The molecule has 2 aromatic heterocycles. The lowest BCUT2D eigenvalue weighted by molar-refractivity contribution is 0.180. The predicted octanol–water partition coefficient (Wildman–Crippen LogP) is 3.12. The molecule has 1 aliphatic heterocycles. The van der Waals surface area contributed by atoms with Crippen LogP contribution in [0.3, 0.4) is 0 Å². The molecule has 1 aromatic carbocycles. The number of benzene rings is 1. The topological polar surface area (TPSA) is 67.2 Å². The predicted molar refractivity (Wildman–Crippen MR) is 95.4 cm³/mol. The van der Waals surface area contributed by atoms with E-state index < -0.39 is 0 Å². The normalized spacial score (nSPS) is 18.8.